The van der Waals surface area contributed by atoms with E-state index in [2.05, 4.69) is 41.5 Å². The van der Waals surface area contributed by atoms with Crippen LogP contribution in [0.1, 0.15) is 158 Å². The van der Waals surface area contributed by atoms with E-state index in [0.717, 1.165) is 51.4 Å². The van der Waals surface area contributed by atoms with Crippen LogP contribution in [0.3, 0.4) is 0 Å². The largest absolute Gasteiger partial charge is 0.412 e. The average Bonchev–Trinajstić information content (AvgIpc) is 2.90. The zero-order valence-electron chi connectivity index (χ0n) is 27.5. The summed E-state index contributed by atoms with van der Waals surface area (Å²) < 4.78 is 6.50. The first-order valence-corrected chi connectivity index (χ1v) is 24.2. The van der Waals surface area contributed by atoms with Crippen molar-refractivity contribution >= 4 is 54.2 Å². The Morgan fingerprint density at radius 3 is 0.872 bits per heavy atom. The number of unbranched alkanes of at least 4 members (excludes halogenated alkanes) is 6. The van der Waals surface area contributed by atoms with Crippen LogP contribution in [0.2, 0.25) is 17.7 Å². The summed E-state index contributed by atoms with van der Waals surface area (Å²) in [5, 5.41) is 17.2. The van der Waals surface area contributed by atoms with Crippen LogP contribution >= 0.6 is 0 Å². The predicted octanol–water partition coefficient (Wildman–Crippen LogP) is 10.0. The maximum atomic E-state index is 10.4. The zero-order valence-corrected chi connectivity index (χ0v) is 33.2. The first-order valence-electron chi connectivity index (χ1n) is 16.1. The van der Waals surface area contributed by atoms with Gasteiger partial charge in [0.2, 0.25) is 0 Å². The van der Waals surface area contributed by atoms with Gasteiger partial charge in [0.05, 0.1) is 11.8 Å². The molecule has 2 atom stereocenters. The molecule has 5 nitrogen and oxygen atoms in total. The first kappa shape index (κ1) is 49.2. The van der Waals surface area contributed by atoms with Crippen LogP contribution in [0, 0.1) is 11.8 Å². The van der Waals surface area contributed by atoms with Crippen LogP contribution in [0.25, 0.3) is 0 Å². The fourth-order valence-electron chi connectivity index (χ4n) is 3.36. The van der Waals surface area contributed by atoms with E-state index >= 15 is 0 Å². The summed E-state index contributed by atoms with van der Waals surface area (Å²) in [6.07, 6.45) is 19.1. The molecule has 4 radical (unpaired) electrons. The van der Waals surface area contributed by atoms with Gasteiger partial charge in [-0.2, -0.15) is 0 Å². The number of aliphatic carboxylic acids is 2. The average molecular weight is 772 g/mol. The SMILES string of the molecule is CCCCC(CC)C(=O)O.CCCCC(CC)C(=O)O.CCC[CH2][Sn][CH2]CCC.CCC[CH2][Sn][CH2]CCC.O. The Kier molecular flexibility index (Phi) is 57.4. The number of carboxylic acids is 2. The molecule has 0 saturated carbocycles. The molecule has 0 saturated heterocycles. The summed E-state index contributed by atoms with van der Waals surface area (Å²) in [4.78, 5) is 20.9. The van der Waals surface area contributed by atoms with Crippen molar-refractivity contribution in [3.05, 3.63) is 0 Å². The van der Waals surface area contributed by atoms with E-state index in [1.54, 1.807) is 17.7 Å². The van der Waals surface area contributed by atoms with Gasteiger partial charge in [-0.25, -0.2) is 0 Å². The number of carbonyl (C=O) groups is 2. The maximum Gasteiger partial charge on any atom is -0.412 e. The fourth-order valence-corrected chi connectivity index (χ4v) is 11.7. The van der Waals surface area contributed by atoms with Crippen LogP contribution in [-0.4, -0.2) is 69.9 Å². The number of rotatable bonds is 22. The second-order valence-corrected chi connectivity index (χ2v) is 18.6. The molecule has 236 valence electrons. The number of carboxylic acid groups (broad SMARTS) is 2. The van der Waals surface area contributed by atoms with E-state index in [1.165, 1.54) is 51.4 Å². The van der Waals surface area contributed by atoms with E-state index in [1.807, 2.05) is 13.8 Å². The van der Waals surface area contributed by atoms with E-state index < -0.39 is 11.9 Å². The summed E-state index contributed by atoms with van der Waals surface area (Å²) in [5.74, 6) is -1.51. The summed E-state index contributed by atoms with van der Waals surface area (Å²) in [5.41, 5.74) is 0. The Hall–Kier alpha value is 0.497. The van der Waals surface area contributed by atoms with Gasteiger partial charge in [0.25, 0.3) is 0 Å². The van der Waals surface area contributed by atoms with Crippen LogP contribution in [0.4, 0.5) is 0 Å². The van der Waals surface area contributed by atoms with Crippen molar-refractivity contribution in [2.24, 2.45) is 11.8 Å². The summed E-state index contributed by atoms with van der Waals surface area (Å²) in [6.45, 7) is 17.2. The molecule has 0 rings (SSSR count). The Labute approximate surface area is 265 Å². The van der Waals surface area contributed by atoms with E-state index in [4.69, 9.17) is 10.2 Å². The summed E-state index contributed by atoms with van der Waals surface area (Å²) in [7, 11) is 0. The van der Waals surface area contributed by atoms with E-state index in [0.29, 0.717) is 0 Å². The summed E-state index contributed by atoms with van der Waals surface area (Å²) >= 11 is 0.299. The Balaban J connectivity index is -0.000000131. The van der Waals surface area contributed by atoms with E-state index in [9.17, 15) is 9.59 Å². The molecule has 0 heterocycles. The van der Waals surface area contributed by atoms with Crippen molar-refractivity contribution in [2.45, 2.75) is 176 Å². The van der Waals surface area contributed by atoms with Gasteiger partial charge in [-0.15, -0.1) is 0 Å². The van der Waals surface area contributed by atoms with Gasteiger partial charge in [0, 0.05) is 0 Å². The zero-order chi connectivity index (χ0) is 29.9. The van der Waals surface area contributed by atoms with Crippen LogP contribution in [0.5, 0.6) is 0 Å². The molecule has 4 N–H and O–H groups in total. The molecule has 0 amide bonds. The van der Waals surface area contributed by atoms with Crippen molar-refractivity contribution in [3.8, 4) is 0 Å². The third-order valence-corrected chi connectivity index (χ3v) is 14.4. The predicted molar refractivity (Wildman–Crippen MR) is 176 cm³/mol. The Bertz CT molecular complexity index is 398. The Morgan fingerprint density at radius 1 is 0.487 bits per heavy atom. The molecule has 0 fully saturated rings. The summed E-state index contributed by atoms with van der Waals surface area (Å²) in [6, 6.07) is 0. The minimum Gasteiger partial charge on any atom is -0.412 e. The molecule has 0 bridgehead atoms. The van der Waals surface area contributed by atoms with Gasteiger partial charge < -0.3 is 15.7 Å². The monoisotopic (exact) mass is 774 g/mol. The van der Waals surface area contributed by atoms with Gasteiger partial charge in [-0.3, -0.25) is 9.59 Å². The molecule has 0 aromatic heterocycles. The van der Waals surface area contributed by atoms with Gasteiger partial charge in [0.1, 0.15) is 0 Å². The minimum atomic E-state index is -0.643. The molecule has 7 heteroatoms. The van der Waals surface area contributed by atoms with Gasteiger partial charge in [0.15, 0.2) is 0 Å². The first-order chi connectivity index (χ1) is 18.3. The molecule has 0 aliphatic carbocycles. The molecule has 39 heavy (non-hydrogen) atoms. The number of hydrogen-bond donors (Lipinski definition) is 2. The van der Waals surface area contributed by atoms with Crippen LogP contribution in [0.15, 0.2) is 0 Å². The second-order valence-electron chi connectivity index (χ2n) is 10.1. The molecule has 2 unspecified atom stereocenters. The quantitative estimate of drug-likeness (QED) is 0.0844. The van der Waals surface area contributed by atoms with Crippen molar-refractivity contribution in [1.29, 1.82) is 0 Å². The van der Waals surface area contributed by atoms with Crippen LogP contribution in [-0.2, 0) is 9.59 Å². The molecule has 0 aliphatic rings. The van der Waals surface area contributed by atoms with Crippen molar-refractivity contribution in [3.63, 3.8) is 0 Å². The molecule has 0 aromatic carbocycles. The fraction of sp³-hybridized carbons (Fsp3) is 0.938. The molecule has 0 aliphatic heterocycles. The third-order valence-electron chi connectivity index (χ3n) is 6.32. The van der Waals surface area contributed by atoms with E-state index in [-0.39, 0.29) is 59.6 Å². The normalized spacial score (nSPS) is 11.3. The van der Waals surface area contributed by atoms with Crippen molar-refractivity contribution in [1.82, 2.24) is 0 Å². The topological polar surface area (TPSA) is 106 Å². The van der Waals surface area contributed by atoms with Crippen molar-refractivity contribution in [2.75, 3.05) is 0 Å². The standard InChI is InChI=1S/2C8H16O2.4C4H9.H2O.2Sn/c2*1-3-5-6-7(4-2)8(9)10;4*1-3-4-2;;;/h2*7H,3-6H2,1-2H3,(H,9,10);4*1,3-4H2,2H3;1H2;;. The minimum absolute atomic E-state index is 0. The molecular weight excluding hydrogens is 702 g/mol. The molecular formula is C32H70O5Sn2. The molecule has 0 aromatic rings. The maximum absolute atomic E-state index is 10.4. The smallest absolute Gasteiger partial charge is 0.412 e. The number of hydrogen-bond acceptors (Lipinski definition) is 2. The van der Waals surface area contributed by atoms with Crippen molar-refractivity contribution < 1.29 is 25.3 Å². The van der Waals surface area contributed by atoms with Gasteiger partial charge in [-0.05, 0) is 25.7 Å². The van der Waals surface area contributed by atoms with Gasteiger partial charge in [-0.1, -0.05) is 53.4 Å². The second kappa shape index (κ2) is 45.5. The van der Waals surface area contributed by atoms with Crippen LogP contribution < -0.4 is 0 Å². The Morgan fingerprint density at radius 2 is 0.718 bits per heavy atom. The van der Waals surface area contributed by atoms with Gasteiger partial charge >= 0.3 is 151 Å². The third kappa shape index (κ3) is 48.6. The molecule has 0 spiro atoms.